The van der Waals surface area contributed by atoms with Crippen molar-refractivity contribution in [2.75, 3.05) is 6.54 Å². The molecule has 0 spiro atoms. The van der Waals surface area contributed by atoms with Crippen LogP contribution in [0.25, 0.3) is 22.3 Å². The number of fused-ring (bicyclic) bond motifs is 1. The molecule has 6 heteroatoms. The van der Waals surface area contributed by atoms with E-state index < -0.39 is 0 Å². The van der Waals surface area contributed by atoms with Crippen LogP contribution in [-0.2, 0) is 13.6 Å². The highest BCUT2D eigenvalue weighted by Crippen LogP contribution is 2.28. The van der Waals surface area contributed by atoms with Crippen molar-refractivity contribution in [3.63, 3.8) is 0 Å². The topological polar surface area (TPSA) is 51.0 Å². The molecule has 0 saturated heterocycles. The molecule has 3 aromatic heterocycles. The Morgan fingerprint density at radius 3 is 2.72 bits per heavy atom. The van der Waals surface area contributed by atoms with E-state index in [4.69, 9.17) is 4.98 Å². The smallest absolute Gasteiger partial charge is 0.255 e. The molecule has 146 valence electrons. The summed E-state index contributed by atoms with van der Waals surface area (Å²) in [4.78, 5) is 21.4. The van der Waals surface area contributed by atoms with Gasteiger partial charge >= 0.3 is 0 Å². The first-order valence-corrected chi connectivity index (χ1v) is 10.3. The third-order valence-electron chi connectivity index (χ3n) is 4.83. The maximum absolute atomic E-state index is 13.6. The first-order valence-electron chi connectivity index (χ1n) is 9.41. The fourth-order valence-corrected chi connectivity index (χ4v) is 4.23. The number of benzene rings is 1. The highest BCUT2D eigenvalue weighted by atomic mass is 32.1. The maximum Gasteiger partial charge on any atom is 0.255 e. The minimum absolute atomic E-state index is 0.0426. The van der Waals surface area contributed by atoms with E-state index in [0.29, 0.717) is 24.3 Å². The Labute approximate surface area is 173 Å². The Kier molecular flexibility index (Phi) is 5.27. The van der Waals surface area contributed by atoms with Gasteiger partial charge in [0.25, 0.3) is 5.91 Å². The van der Waals surface area contributed by atoms with E-state index in [9.17, 15) is 4.79 Å². The van der Waals surface area contributed by atoms with Gasteiger partial charge in [-0.15, -0.1) is 17.9 Å². The first-order chi connectivity index (χ1) is 14.1. The molecule has 0 atom stereocenters. The lowest BCUT2D eigenvalue weighted by molar-refractivity contribution is 0.0766. The van der Waals surface area contributed by atoms with Gasteiger partial charge in [0, 0.05) is 24.0 Å². The molecule has 0 fully saturated rings. The molecule has 0 N–H and O–H groups in total. The van der Waals surface area contributed by atoms with Crippen LogP contribution in [-0.4, -0.2) is 32.1 Å². The van der Waals surface area contributed by atoms with Crippen molar-refractivity contribution >= 4 is 28.3 Å². The van der Waals surface area contributed by atoms with E-state index in [0.717, 1.165) is 27.2 Å². The number of aryl methyl sites for hydroxylation is 2. The van der Waals surface area contributed by atoms with Crippen LogP contribution in [0.4, 0.5) is 0 Å². The molecule has 3 heterocycles. The number of carbonyl (C=O) groups excluding carboxylic acids is 1. The summed E-state index contributed by atoms with van der Waals surface area (Å²) in [6, 6.07) is 15.8. The monoisotopic (exact) mass is 402 g/mol. The van der Waals surface area contributed by atoms with Crippen molar-refractivity contribution in [2.45, 2.75) is 13.5 Å². The first kappa shape index (κ1) is 19.1. The second-order valence-corrected chi connectivity index (χ2v) is 7.91. The molecule has 0 aliphatic rings. The zero-order valence-corrected chi connectivity index (χ0v) is 17.3. The van der Waals surface area contributed by atoms with Gasteiger partial charge in [0.2, 0.25) is 0 Å². The Balaban J connectivity index is 1.86. The number of amides is 1. The van der Waals surface area contributed by atoms with Gasteiger partial charge in [-0.1, -0.05) is 42.5 Å². The Morgan fingerprint density at radius 1 is 1.24 bits per heavy atom. The van der Waals surface area contributed by atoms with Crippen molar-refractivity contribution in [1.82, 2.24) is 19.7 Å². The normalized spacial score (nSPS) is 11.0. The van der Waals surface area contributed by atoms with Gasteiger partial charge in [0.15, 0.2) is 5.65 Å². The molecule has 0 bridgehead atoms. The maximum atomic E-state index is 13.6. The third kappa shape index (κ3) is 3.71. The highest BCUT2D eigenvalue weighted by molar-refractivity contribution is 7.09. The third-order valence-corrected chi connectivity index (χ3v) is 5.69. The van der Waals surface area contributed by atoms with Crippen molar-refractivity contribution in [3.05, 3.63) is 82.7 Å². The largest absolute Gasteiger partial charge is 0.330 e. The summed E-state index contributed by atoms with van der Waals surface area (Å²) < 4.78 is 1.74. The number of carbonyl (C=O) groups is 1. The summed E-state index contributed by atoms with van der Waals surface area (Å²) in [5, 5.41) is 7.34. The molecular formula is C23H22N4OS. The molecule has 29 heavy (non-hydrogen) atoms. The summed E-state index contributed by atoms with van der Waals surface area (Å²) in [5.74, 6) is -0.0426. The number of pyridine rings is 1. The van der Waals surface area contributed by atoms with E-state index in [1.165, 1.54) is 0 Å². The van der Waals surface area contributed by atoms with Crippen molar-refractivity contribution < 1.29 is 4.79 Å². The summed E-state index contributed by atoms with van der Waals surface area (Å²) in [5.41, 5.74) is 3.86. The van der Waals surface area contributed by atoms with Gasteiger partial charge in [-0.3, -0.25) is 9.48 Å². The Hall–Kier alpha value is -3.25. The highest BCUT2D eigenvalue weighted by Gasteiger charge is 2.23. The molecule has 0 radical (unpaired) electrons. The van der Waals surface area contributed by atoms with Gasteiger partial charge in [0.05, 0.1) is 28.9 Å². The number of nitrogens with zero attached hydrogens (tertiary/aromatic N) is 4. The van der Waals surface area contributed by atoms with Gasteiger partial charge in [-0.05, 0) is 24.4 Å². The average molecular weight is 403 g/mol. The molecule has 4 rings (SSSR count). The second kappa shape index (κ2) is 8.01. The predicted molar refractivity (Wildman–Crippen MR) is 118 cm³/mol. The molecule has 0 unspecified atom stereocenters. The zero-order valence-electron chi connectivity index (χ0n) is 16.5. The molecular weight excluding hydrogens is 380 g/mol. The minimum atomic E-state index is -0.0426. The van der Waals surface area contributed by atoms with Gasteiger partial charge in [-0.25, -0.2) is 4.98 Å². The molecule has 0 aliphatic heterocycles. The standard InChI is InChI=1S/C23H22N4OS/c1-4-12-27(15-18-11-8-13-29-18)23(28)19-14-20(17-9-6-5-7-10-17)24-22-21(19)16(2)25-26(22)3/h4-11,13-14H,1,12,15H2,2-3H3. The lowest BCUT2D eigenvalue weighted by Gasteiger charge is -2.21. The lowest BCUT2D eigenvalue weighted by atomic mass is 10.0. The Morgan fingerprint density at radius 2 is 2.03 bits per heavy atom. The van der Waals surface area contributed by atoms with E-state index in [-0.39, 0.29) is 5.91 Å². The summed E-state index contributed by atoms with van der Waals surface area (Å²) in [6.07, 6.45) is 1.76. The van der Waals surface area contributed by atoms with Crippen molar-refractivity contribution in [2.24, 2.45) is 7.05 Å². The number of thiophene rings is 1. The van der Waals surface area contributed by atoms with Gasteiger partial charge in [0.1, 0.15) is 0 Å². The summed E-state index contributed by atoms with van der Waals surface area (Å²) in [6.45, 7) is 6.77. The van der Waals surface area contributed by atoms with Crippen LogP contribution >= 0.6 is 11.3 Å². The van der Waals surface area contributed by atoms with Crippen molar-refractivity contribution in [1.29, 1.82) is 0 Å². The minimum Gasteiger partial charge on any atom is -0.330 e. The molecule has 0 saturated carbocycles. The molecule has 5 nitrogen and oxygen atoms in total. The van der Waals surface area contributed by atoms with Crippen LogP contribution in [0.5, 0.6) is 0 Å². The zero-order chi connectivity index (χ0) is 20.4. The average Bonchev–Trinajstić information content (AvgIpc) is 3.35. The molecule has 0 aliphatic carbocycles. The Bertz CT molecular complexity index is 1160. The SMILES string of the molecule is C=CCN(Cc1cccs1)C(=O)c1cc(-c2ccccc2)nc2c1c(C)nn2C. The molecule has 1 amide bonds. The van der Waals surface area contributed by atoms with Crippen LogP contribution < -0.4 is 0 Å². The number of hydrogen-bond donors (Lipinski definition) is 0. The van der Waals surface area contributed by atoms with E-state index in [2.05, 4.69) is 11.7 Å². The summed E-state index contributed by atoms with van der Waals surface area (Å²) in [7, 11) is 1.86. The fourth-order valence-electron chi connectivity index (χ4n) is 3.51. The second-order valence-electron chi connectivity index (χ2n) is 6.88. The van der Waals surface area contributed by atoms with Crippen LogP contribution in [0.2, 0.25) is 0 Å². The number of rotatable bonds is 6. The predicted octanol–water partition coefficient (Wildman–Crippen LogP) is 4.83. The van der Waals surface area contributed by atoms with Crippen LogP contribution in [0, 0.1) is 6.92 Å². The quantitative estimate of drug-likeness (QED) is 0.434. The fraction of sp³-hybridized carbons (Fsp3) is 0.174. The van der Waals surface area contributed by atoms with Crippen LogP contribution in [0.1, 0.15) is 20.9 Å². The van der Waals surface area contributed by atoms with E-state index in [1.807, 2.05) is 72.8 Å². The van der Waals surface area contributed by atoms with Crippen LogP contribution in [0.3, 0.4) is 0 Å². The number of aromatic nitrogens is 3. The van der Waals surface area contributed by atoms with E-state index in [1.54, 1.807) is 22.1 Å². The van der Waals surface area contributed by atoms with Gasteiger partial charge < -0.3 is 4.90 Å². The molecule has 4 aromatic rings. The van der Waals surface area contributed by atoms with Crippen molar-refractivity contribution in [3.8, 4) is 11.3 Å². The van der Waals surface area contributed by atoms with Crippen LogP contribution in [0.15, 0.2) is 66.6 Å². The van der Waals surface area contributed by atoms with E-state index >= 15 is 0 Å². The number of hydrogen-bond acceptors (Lipinski definition) is 4. The van der Waals surface area contributed by atoms with Gasteiger partial charge in [-0.2, -0.15) is 5.10 Å². The molecule has 1 aromatic carbocycles. The summed E-state index contributed by atoms with van der Waals surface area (Å²) >= 11 is 1.64. The lowest BCUT2D eigenvalue weighted by Crippen LogP contribution is -2.30.